The topological polar surface area (TPSA) is 197 Å². The van der Waals surface area contributed by atoms with Gasteiger partial charge in [0.15, 0.2) is 12.6 Å². The van der Waals surface area contributed by atoms with E-state index in [9.17, 15) is 35.4 Å². The molecule has 1 fully saturated rings. The van der Waals surface area contributed by atoms with Crippen LogP contribution in [0.2, 0.25) is 0 Å². The molecule has 9 atom stereocenters. The first-order valence-corrected chi connectivity index (χ1v) is 6.84. The summed E-state index contributed by atoms with van der Waals surface area (Å²) in [5.74, 6) is 0. The first kappa shape index (κ1) is 20.3. The molecule has 0 aromatic heterocycles. The van der Waals surface area contributed by atoms with Crippen molar-refractivity contribution in [2.24, 2.45) is 0 Å². The Bertz CT molecular complexity index is 365. The van der Waals surface area contributed by atoms with Crippen molar-refractivity contribution in [1.29, 1.82) is 0 Å². The normalized spacial score (nSPS) is 37.0. The van der Waals surface area contributed by atoms with Crippen molar-refractivity contribution < 1.29 is 55.1 Å². The zero-order valence-corrected chi connectivity index (χ0v) is 12.0. The molecule has 0 amide bonds. The lowest BCUT2D eigenvalue weighted by Gasteiger charge is -2.41. The highest BCUT2D eigenvalue weighted by Gasteiger charge is 2.46. The molecule has 23 heavy (non-hydrogen) atoms. The van der Waals surface area contributed by atoms with Gasteiger partial charge in [-0.1, -0.05) is 0 Å². The van der Waals surface area contributed by atoms with E-state index in [-0.39, 0.29) is 6.29 Å². The molecule has 0 aliphatic carbocycles. The summed E-state index contributed by atoms with van der Waals surface area (Å²) in [4.78, 5) is 10.7. The van der Waals surface area contributed by atoms with E-state index in [1.54, 1.807) is 0 Å². The Labute approximate surface area is 130 Å². The van der Waals surface area contributed by atoms with Crippen LogP contribution in [-0.2, 0) is 14.3 Å². The highest BCUT2D eigenvalue weighted by molar-refractivity contribution is 5.56. The lowest BCUT2D eigenvalue weighted by atomic mass is 9.98. The summed E-state index contributed by atoms with van der Waals surface area (Å²) < 4.78 is 10.0. The van der Waals surface area contributed by atoms with Crippen molar-refractivity contribution in [2.75, 3.05) is 13.2 Å². The minimum absolute atomic E-state index is 0.0119. The fourth-order valence-electron chi connectivity index (χ4n) is 2.10. The number of rotatable bonds is 8. The van der Waals surface area contributed by atoms with Crippen LogP contribution in [0.25, 0.3) is 0 Å². The van der Waals surface area contributed by atoms with Crippen molar-refractivity contribution in [3.8, 4) is 0 Å². The molecule has 0 bridgehead atoms. The van der Waals surface area contributed by atoms with E-state index in [1.807, 2.05) is 0 Å². The van der Waals surface area contributed by atoms with Crippen LogP contribution in [0, 0.1) is 0 Å². The Morgan fingerprint density at radius 3 is 2.13 bits per heavy atom. The van der Waals surface area contributed by atoms with E-state index in [4.69, 9.17) is 19.7 Å². The molecule has 1 aliphatic rings. The number of aliphatic hydroxyl groups is 8. The second kappa shape index (κ2) is 8.94. The van der Waals surface area contributed by atoms with Gasteiger partial charge in [-0.05, 0) is 0 Å². The number of hydrogen-bond acceptors (Lipinski definition) is 11. The second-order valence-electron chi connectivity index (χ2n) is 5.17. The maximum Gasteiger partial charge on any atom is 0.187 e. The zero-order chi connectivity index (χ0) is 17.7. The van der Waals surface area contributed by atoms with Crippen molar-refractivity contribution in [3.05, 3.63) is 0 Å². The van der Waals surface area contributed by atoms with Gasteiger partial charge in [0.05, 0.1) is 13.2 Å². The molecule has 1 heterocycles. The van der Waals surface area contributed by atoms with Crippen LogP contribution in [0.15, 0.2) is 0 Å². The van der Waals surface area contributed by atoms with Crippen LogP contribution >= 0.6 is 0 Å². The molecule has 8 N–H and O–H groups in total. The minimum atomic E-state index is -1.95. The third-order valence-corrected chi connectivity index (χ3v) is 3.53. The molecule has 136 valence electrons. The van der Waals surface area contributed by atoms with Crippen LogP contribution in [0.1, 0.15) is 0 Å². The maximum absolute atomic E-state index is 10.7. The van der Waals surface area contributed by atoms with Crippen LogP contribution in [0.4, 0.5) is 0 Å². The summed E-state index contributed by atoms with van der Waals surface area (Å²) in [5, 5.41) is 75.6. The van der Waals surface area contributed by atoms with Gasteiger partial charge in [-0.25, -0.2) is 0 Å². The Morgan fingerprint density at radius 2 is 1.65 bits per heavy atom. The van der Waals surface area contributed by atoms with Gasteiger partial charge in [0.1, 0.15) is 48.8 Å². The zero-order valence-electron chi connectivity index (χ0n) is 12.0. The Balaban J connectivity index is 2.91. The lowest BCUT2D eigenvalue weighted by Crippen LogP contribution is -2.61. The van der Waals surface area contributed by atoms with Gasteiger partial charge in [-0.2, -0.15) is 0 Å². The quantitative estimate of drug-likeness (QED) is 0.196. The second-order valence-corrected chi connectivity index (χ2v) is 5.17. The minimum Gasteiger partial charge on any atom is -0.394 e. The van der Waals surface area contributed by atoms with Gasteiger partial charge in [0.2, 0.25) is 0 Å². The monoisotopic (exact) mass is 342 g/mol. The predicted molar refractivity (Wildman–Crippen MR) is 69.8 cm³/mol. The number of aliphatic hydroxyl groups excluding tert-OH is 8. The van der Waals surface area contributed by atoms with Crippen LogP contribution in [0.5, 0.6) is 0 Å². The summed E-state index contributed by atoms with van der Waals surface area (Å²) in [6.07, 6.45) is -15.7. The van der Waals surface area contributed by atoms with Crippen LogP contribution in [-0.4, -0.2) is 115 Å². The lowest BCUT2D eigenvalue weighted by molar-refractivity contribution is -0.324. The Hall–Kier alpha value is -0.730. The molecule has 11 heteroatoms. The molecule has 1 rings (SSSR count). The van der Waals surface area contributed by atoms with Gasteiger partial charge < -0.3 is 55.1 Å². The SMILES string of the molecule is O=CC(O)C(O[C@@H]1O[C@H](CO)[C@@H](O)[C@H](O)[C@H]1O)C(O)C(O)CO. The summed E-state index contributed by atoms with van der Waals surface area (Å²) in [5.41, 5.74) is 0. The first-order chi connectivity index (χ1) is 10.8. The Kier molecular flexibility index (Phi) is 7.89. The fourth-order valence-corrected chi connectivity index (χ4v) is 2.10. The van der Waals surface area contributed by atoms with Crippen LogP contribution < -0.4 is 0 Å². The molecule has 11 nitrogen and oxygen atoms in total. The molecule has 0 aromatic carbocycles. The smallest absolute Gasteiger partial charge is 0.187 e. The number of carbonyl (C=O) groups is 1. The van der Waals surface area contributed by atoms with Gasteiger partial charge in [0, 0.05) is 0 Å². The van der Waals surface area contributed by atoms with Crippen molar-refractivity contribution >= 4 is 6.29 Å². The summed E-state index contributed by atoms with van der Waals surface area (Å²) in [6.45, 7) is -1.63. The fraction of sp³-hybridized carbons (Fsp3) is 0.917. The van der Waals surface area contributed by atoms with Crippen LogP contribution in [0.3, 0.4) is 0 Å². The van der Waals surface area contributed by atoms with Gasteiger partial charge in [-0.3, -0.25) is 0 Å². The van der Waals surface area contributed by atoms with Gasteiger partial charge >= 0.3 is 0 Å². The molecule has 0 radical (unpaired) electrons. The maximum atomic E-state index is 10.7. The summed E-state index contributed by atoms with van der Waals surface area (Å²) in [6, 6.07) is 0. The molecule has 4 unspecified atom stereocenters. The molecular weight excluding hydrogens is 320 g/mol. The van der Waals surface area contributed by atoms with E-state index < -0.39 is 68.3 Å². The average molecular weight is 342 g/mol. The van der Waals surface area contributed by atoms with Crippen molar-refractivity contribution in [1.82, 2.24) is 0 Å². The average Bonchev–Trinajstić information content (AvgIpc) is 2.57. The summed E-state index contributed by atoms with van der Waals surface area (Å²) in [7, 11) is 0. The van der Waals surface area contributed by atoms with E-state index in [0.29, 0.717) is 0 Å². The molecule has 0 saturated carbocycles. The van der Waals surface area contributed by atoms with Crippen molar-refractivity contribution in [2.45, 2.75) is 55.1 Å². The third-order valence-electron chi connectivity index (χ3n) is 3.53. The van der Waals surface area contributed by atoms with Gasteiger partial charge in [0.25, 0.3) is 0 Å². The largest absolute Gasteiger partial charge is 0.394 e. The molecule has 1 saturated heterocycles. The first-order valence-electron chi connectivity index (χ1n) is 6.84. The molecule has 0 spiro atoms. The van der Waals surface area contributed by atoms with E-state index in [0.717, 1.165) is 0 Å². The number of aldehydes is 1. The number of ether oxygens (including phenoxy) is 2. The predicted octanol–water partition coefficient (Wildman–Crippen LogP) is -5.55. The highest BCUT2D eigenvalue weighted by atomic mass is 16.7. The summed E-state index contributed by atoms with van der Waals surface area (Å²) >= 11 is 0. The third kappa shape index (κ3) is 4.64. The van der Waals surface area contributed by atoms with E-state index in [1.165, 1.54) is 0 Å². The number of hydrogen-bond donors (Lipinski definition) is 8. The Morgan fingerprint density at radius 1 is 1.04 bits per heavy atom. The number of carbonyl (C=O) groups excluding carboxylic acids is 1. The molecule has 0 aromatic rings. The van der Waals surface area contributed by atoms with Gasteiger partial charge in [-0.15, -0.1) is 0 Å². The molecular formula is C12H22O11. The van der Waals surface area contributed by atoms with Crippen molar-refractivity contribution in [3.63, 3.8) is 0 Å². The standard InChI is InChI=1S/C12H22O11/c13-1-4(16)7(18)11(5(17)2-14)23-12-10(21)9(20)8(19)6(3-15)22-12/h2,4-13,15-21H,1,3H2/t4?,5?,6-,7?,8-,9+,10-,11?,12+/m1/s1. The highest BCUT2D eigenvalue weighted by Crippen LogP contribution is 2.24. The van der Waals surface area contributed by atoms with E-state index in [2.05, 4.69) is 0 Å². The molecule has 1 aliphatic heterocycles. The van der Waals surface area contributed by atoms with E-state index >= 15 is 0 Å².